The summed E-state index contributed by atoms with van der Waals surface area (Å²) in [6.07, 6.45) is 2.17. The van der Waals surface area contributed by atoms with Gasteiger partial charge in [-0.1, -0.05) is 26.0 Å². The third-order valence-electron chi connectivity index (χ3n) is 3.04. The normalized spacial score (nSPS) is 20.8. The minimum atomic E-state index is -0.00583. The van der Waals surface area contributed by atoms with Crippen LogP contribution in [0.4, 0.5) is 4.39 Å². The number of aryl methyl sites for hydroxylation is 1. The highest BCUT2D eigenvalue weighted by Gasteiger charge is 2.27. The molecule has 1 heteroatoms. The van der Waals surface area contributed by atoms with Crippen LogP contribution in [0.25, 0.3) is 0 Å². The molecule has 0 fully saturated rings. The summed E-state index contributed by atoms with van der Waals surface area (Å²) in [4.78, 5) is 0. The molecule has 1 unspecified atom stereocenters. The third kappa shape index (κ3) is 1.37. The number of benzene rings is 1. The van der Waals surface area contributed by atoms with Crippen molar-refractivity contribution in [3.05, 3.63) is 35.1 Å². The van der Waals surface area contributed by atoms with Crippen molar-refractivity contribution < 1.29 is 4.39 Å². The Morgan fingerprint density at radius 1 is 1.38 bits per heavy atom. The lowest BCUT2D eigenvalue weighted by atomic mass is 9.90. The Morgan fingerprint density at radius 3 is 2.85 bits per heavy atom. The molecule has 0 aromatic heterocycles. The van der Waals surface area contributed by atoms with Crippen LogP contribution in [0, 0.1) is 11.7 Å². The molecule has 0 saturated carbocycles. The van der Waals surface area contributed by atoms with Gasteiger partial charge in [0.15, 0.2) is 0 Å². The summed E-state index contributed by atoms with van der Waals surface area (Å²) in [6.45, 7) is 4.35. The highest BCUT2D eigenvalue weighted by molar-refractivity contribution is 5.36. The van der Waals surface area contributed by atoms with Crippen LogP contribution in [0.15, 0.2) is 18.2 Å². The smallest absolute Gasteiger partial charge is 0.126 e. The highest BCUT2D eigenvalue weighted by atomic mass is 19.1. The molecule has 1 atom stereocenters. The zero-order chi connectivity index (χ0) is 9.42. The summed E-state index contributed by atoms with van der Waals surface area (Å²) >= 11 is 0. The predicted molar refractivity (Wildman–Crippen MR) is 52.3 cm³/mol. The van der Waals surface area contributed by atoms with Crippen molar-refractivity contribution in [3.63, 3.8) is 0 Å². The van der Waals surface area contributed by atoms with Crippen LogP contribution >= 0.6 is 0 Å². The molecule has 0 bridgehead atoms. The molecule has 70 valence electrons. The van der Waals surface area contributed by atoms with Crippen molar-refractivity contribution in [1.29, 1.82) is 0 Å². The molecule has 0 heterocycles. The second-order valence-electron chi connectivity index (χ2n) is 4.20. The standard InChI is InChI=1S/C12H15F/c1-8(2)10-7-6-9-4-3-5-11(13)12(9)10/h3-5,8,10H,6-7H2,1-2H3. The van der Waals surface area contributed by atoms with Gasteiger partial charge in [-0.3, -0.25) is 0 Å². The number of rotatable bonds is 1. The van der Waals surface area contributed by atoms with Crippen LogP contribution in [0.1, 0.15) is 37.3 Å². The molecule has 0 nitrogen and oxygen atoms in total. The van der Waals surface area contributed by atoms with Gasteiger partial charge in [0.1, 0.15) is 5.82 Å². The molecule has 0 saturated heterocycles. The lowest BCUT2D eigenvalue weighted by molar-refractivity contribution is 0.475. The average molecular weight is 178 g/mol. The number of hydrogen-bond donors (Lipinski definition) is 0. The average Bonchev–Trinajstić information content (AvgIpc) is 2.49. The maximum atomic E-state index is 13.5. The van der Waals surface area contributed by atoms with E-state index in [1.54, 1.807) is 6.07 Å². The molecular weight excluding hydrogens is 163 g/mol. The van der Waals surface area contributed by atoms with Crippen LogP contribution in [0.3, 0.4) is 0 Å². The quantitative estimate of drug-likeness (QED) is 0.617. The first-order valence-electron chi connectivity index (χ1n) is 4.97. The summed E-state index contributed by atoms with van der Waals surface area (Å²) < 4.78 is 13.5. The summed E-state index contributed by atoms with van der Waals surface area (Å²) in [7, 11) is 0. The minimum Gasteiger partial charge on any atom is -0.207 e. The fraction of sp³-hybridized carbons (Fsp3) is 0.500. The summed E-state index contributed by atoms with van der Waals surface area (Å²) in [6, 6.07) is 5.46. The molecule has 1 aliphatic rings. The lowest BCUT2D eigenvalue weighted by Crippen LogP contribution is -2.04. The van der Waals surface area contributed by atoms with Crippen LogP contribution in [0.2, 0.25) is 0 Å². The van der Waals surface area contributed by atoms with Crippen molar-refractivity contribution >= 4 is 0 Å². The molecule has 0 amide bonds. The number of fused-ring (bicyclic) bond motifs is 1. The van der Waals surface area contributed by atoms with Gasteiger partial charge in [0.25, 0.3) is 0 Å². The van der Waals surface area contributed by atoms with Crippen molar-refractivity contribution in [3.8, 4) is 0 Å². The first kappa shape index (κ1) is 8.74. The SMILES string of the molecule is CC(C)C1CCc2cccc(F)c21. The van der Waals surface area contributed by atoms with Gasteiger partial charge < -0.3 is 0 Å². The maximum Gasteiger partial charge on any atom is 0.126 e. The first-order valence-corrected chi connectivity index (χ1v) is 4.97. The van der Waals surface area contributed by atoms with Crippen LogP contribution in [-0.2, 0) is 6.42 Å². The maximum absolute atomic E-state index is 13.5. The fourth-order valence-corrected chi connectivity index (χ4v) is 2.34. The Hall–Kier alpha value is -0.850. The van der Waals surface area contributed by atoms with E-state index in [2.05, 4.69) is 19.9 Å². The van der Waals surface area contributed by atoms with Gasteiger partial charge in [-0.15, -0.1) is 0 Å². The molecule has 0 aliphatic heterocycles. The molecule has 1 aliphatic carbocycles. The molecule has 13 heavy (non-hydrogen) atoms. The van der Waals surface area contributed by atoms with E-state index in [4.69, 9.17) is 0 Å². The van der Waals surface area contributed by atoms with Crippen LogP contribution in [0.5, 0.6) is 0 Å². The van der Waals surface area contributed by atoms with E-state index in [-0.39, 0.29) is 5.82 Å². The number of hydrogen-bond acceptors (Lipinski definition) is 0. The van der Waals surface area contributed by atoms with Gasteiger partial charge >= 0.3 is 0 Å². The zero-order valence-electron chi connectivity index (χ0n) is 8.18. The molecule has 0 spiro atoms. The minimum absolute atomic E-state index is 0.00583. The molecule has 1 aromatic rings. The zero-order valence-corrected chi connectivity index (χ0v) is 8.18. The summed E-state index contributed by atoms with van der Waals surface area (Å²) in [5.41, 5.74) is 2.20. The molecule has 2 rings (SSSR count). The van der Waals surface area contributed by atoms with E-state index in [9.17, 15) is 4.39 Å². The second-order valence-corrected chi connectivity index (χ2v) is 4.20. The van der Waals surface area contributed by atoms with E-state index in [1.165, 1.54) is 5.56 Å². The van der Waals surface area contributed by atoms with E-state index in [1.807, 2.05) is 6.07 Å². The van der Waals surface area contributed by atoms with Crippen LogP contribution in [-0.4, -0.2) is 0 Å². The monoisotopic (exact) mass is 178 g/mol. The van der Waals surface area contributed by atoms with Gasteiger partial charge in [-0.2, -0.15) is 0 Å². The van der Waals surface area contributed by atoms with E-state index < -0.39 is 0 Å². The molecule has 1 aromatic carbocycles. The van der Waals surface area contributed by atoms with Crippen molar-refractivity contribution in [2.45, 2.75) is 32.6 Å². The van der Waals surface area contributed by atoms with Crippen LogP contribution < -0.4 is 0 Å². The second kappa shape index (κ2) is 3.13. The Morgan fingerprint density at radius 2 is 2.15 bits per heavy atom. The van der Waals surface area contributed by atoms with E-state index in [0.29, 0.717) is 11.8 Å². The largest absolute Gasteiger partial charge is 0.207 e. The fourth-order valence-electron chi connectivity index (χ4n) is 2.34. The lowest BCUT2D eigenvalue weighted by Gasteiger charge is -2.15. The van der Waals surface area contributed by atoms with Crippen molar-refractivity contribution in [2.24, 2.45) is 5.92 Å². The van der Waals surface area contributed by atoms with Gasteiger partial charge in [0, 0.05) is 0 Å². The Labute approximate surface area is 78.8 Å². The first-order chi connectivity index (χ1) is 6.20. The van der Waals surface area contributed by atoms with Gasteiger partial charge in [-0.25, -0.2) is 4.39 Å². The topological polar surface area (TPSA) is 0 Å². The molecular formula is C12H15F. The van der Waals surface area contributed by atoms with Crippen molar-refractivity contribution in [1.82, 2.24) is 0 Å². The summed E-state index contributed by atoms with van der Waals surface area (Å²) in [5.74, 6) is 0.989. The van der Waals surface area contributed by atoms with Crippen molar-refractivity contribution in [2.75, 3.05) is 0 Å². The highest BCUT2D eigenvalue weighted by Crippen LogP contribution is 2.39. The third-order valence-corrected chi connectivity index (χ3v) is 3.04. The van der Waals surface area contributed by atoms with E-state index >= 15 is 0 Å². The summed E-state index contributed by atoms with van der Waals surface area (Å²) in [5, 5.41) is 0. The number of halogens is 1. The van der Waals surface area contributed by atoms with E-state index in [0.717, 1.165) is 18.4 Å². The Kier molecular flexibility index (Phi) is 2.10. The Balaban J connectivity index is 2.46. The Bertz CT molecular complexity index is 315. The van der Waals surface area contributed by atoms with Gasteiger partial charge in [-0.05, 0) is 41.9 Å². The predicted octanol–water partition coefficient (Wildman–Crippen LogP) is 3.51. The molecule has 0 radical (unpaired) electrons. The molecule has 0 N–H and O–H groups in total. The van der Waals surface area contributed by atoms with Gasteiger partial charge in [0.05, 0.1) is 0 Å². The van der Waals surface area contributed by atoms with Gasteiger partial charge in [0.2, 0.25) is 0 Å².